The lowest BCUT2D eigenvalue weighted by atomic mass is 9.74. The number of ether oxygens (including phenoxy) is 1. The molecule has 1 aromatic carbocycles. The molecule has 1 spiro atoms. The van der Waals surface area contributed by atoms with E-state index in [0.717, 1.165) is 45.6 Å². The van der Waals surface area contributed by atoms with Gasteiger partial charge >= 0.3 is 0 Å². The van der Waals surface area contributed by atoms with E-state index in [1.807, 2.05) is 4.90 Å². The Bertz CT molecular complexity index is 793. The van der Waals surface area contributed by atoms with E-state index in [9.17, 15) is 9.18 Å². The number of piperidine rings is 1. The largest absolute Gasteiger partial charge is 0.441 e. The number of amides is 1. The number of nitrogens with zero attached hydrogens (tertiary/aromatic N) is 2. The molecule has 2 aliphatic rings. The Kier molecular flexibility index (Phi) is 5.25. The molecular weight excluding hydrogens is 347 g/mol. The lowest BCUT2D eigenvalue weighted by Crippen LogP contribution is -2.48. The van der Waals surface area contributed by atoms with Gasteiger partial charge in [0.05, 0.1) is 11.8 Å². The lowest BCUT2D eigenvalue weighted by molar-refractivity contribution is -0.136. The summed E-state index contributed by atoms with van der Waals surface area (Å²) in [5.74, 6) is 0.673. The van der Waals surface area contributed by atoms with E-state index in [4.69, 9.17) is 9.15 Å². The molecule has 2 saturated heterocycles. The van der Waals surface area contributed by atoms with Crippen molar-refractivity contribution < 1.29 is 18.3 Å². The quantitative estimate of drug-likeness (QED) is 0.818. The number of carbonyl (C=O) groups is 1. The van der Waals surface area contributed by atoms with Crippen LogP contribution in [0.25, 0.3) is 11.3 Å². The highest BCUT2D eigenvalue weighted by Gasteiger charge is 2.38. The molecule has 4 rings (SSSR count). The molecule has 144 valence electrons. The smallest absolute Gasteiger partial charge is 0.223 e. The van der Waals surface area contributed by atoms with Crippen molar-refractivity contribution in [1.29, 1.82) is 0 Å². The van der Waals surface area contributed by atoms with Gasteiger partial charge in [0.2, 0.25) is 5.91 Å². The summed E-state index contributed by atoms with van der Waals surface area (Å²) >= 11 is 0. The Morgan fingerprint density at radius 2 is 2.04 bits per heavy atom. The van der Waals surface area contributed by atoms with Gasteiger partial charge in [-0.15, -0.1) is 0 Å². The van der Waals surface area contributed by atoms with Gasteiger partial charge in [0.25, 0.3) is 0 Å². The average Bonchev–Trinajstić information content (AvgIpc) is 3.16. The summed E-state index contributed by atoms with van der Waals surface area (Å²) < 4.78 is 25.0. The van der Waals surface area contributed by atoms with E-state index >= 15 is 0 Å². The normalized spacial score (nSPS) is 19.4. The summed E-state index contributed by atoms with van der Waals surface area (Å²) in [7, 11) is 0. The number of halogens is 1. The summed E-state index contributed by atoms with van der Waals surface area (Å²) in [5.41, 5.74) is 0.632. The molecule has 0 aliphatic carbocycles. The Balaban J connectivity index is 1.35. The van der Waals surface area contributed by atoms with Gasteiger partial charge in [0.1, 0.15) is 5.82 Å². The highest BCUT2D eigenvalue weighted by atomic mass is 19.1. The van der Waals surface area contributed by atoms with E-state index in [-0.39, 0.29) is 17.1 Å². The number of hydrogen-bond donors (Lipinski definition) is 0. The molecule has 0 atom stereocenters. The van der Waals surface area contributed by atoms with Crippen molar-refractivity contribution >= 4 is 5.91 Å². The Morgan fingerprint density at radius 1 is 1.22 bits per heavy atom. The Morgan fingerprint density at radius 3 is 2.85 bits per heavy atom. The van der Waals surface area contributed by atoms with Gasteiger partial charge in [-0.1, -0.05) is 12.1 Å². The highest BCUT2D eigenvalue weighted by Crippen LogP contribution is 2.39. The number of benzene rings is 1. The molecule has 1 amide bonds. The van der Waals surface area contributed by atoms with Crippen LogP contribution in [0, 0.1) is 11.2 Å². The average molecular weight is 372 g/mol. The SMILES string of the molecule is O=C(CCc1ncc(-c2ccccc2F)o1)N1CCCC2(CCOCC2)C1. The molecule has 5 nitrogen and oxygen atoms in total. The molecule has 0 saturated carbocycles. The summed E-state index contributed by atoms with van der Waals surface area (Å²) in [6, 6.07) is 6.45. The summed E-state index contributed by atoms with van der Waals surface area (Å²) in [6.45, 7) is 3.27. The van der Waals surface area contributed by atoms with Crippen LogP contribution in [0.15, 0.2) is 34.9 Å². The number of hydrogen-bond acceptors (Lipinski definition) is 4. The van der Waals surface area contributed by atoms with Crippen LogP contribution in [0.2, 0.25) is 0 Å². The van der Waals surface area contributed by atoms with Crippen LogP contribution >= 0.6 is 0 Å². The van der Waals surface area contributed by atoms with E-state index in [2.05, 4.69) is 4.98 Å². The predicted molar refractivity (Wildman–Crippen MR) is 98.5 cm³/mol. The van der Waals surface area contributed by atoms with E-state index in [1.54, 1.807) is 18.2 Å². The molecule has 0 N–H and O–H groups in total. The molecule has 0 radical (unpaired) electrons. The van der Waals surface area contributed by atoms with E-state index in [1.165, 1.54) is 18.7 Å². The van der Waals surface area contributed by atoms with Crippen LogP contribution < -0.4 is 0 Å². The van der Waals surface area contributed by atoms with Crippen molar-refractivity contribution in [1.82, 2.24) is 9.88 Å². The molecule has 0 bridgehead atoms. The molecule has 27 heavy (non-hydrogen) atoms. The standard InChI is InChI=1S/C21H25FN2O3/c22-17-5-2-1-4-16(17)18-14-23-19(27-18)6-7-20(25)24-11-3-8-21(15-24)9-12-26-13-10-21/h1-2,4-5,14H,3,6-13,15H2. The van der Waals surface area contributed by atoms with Gasteiger partial charge in [0.15, 0.2) is 11.7 Å². The Hall–Kier alpha value is -2.21. The number of carbonyl (C=O) groups excluding carboxylic acids is 1. The minimum absolute atomic E-state index is 0.145. The zero-order valence-electron chi connectivity index (χ0n) is 15.5. The van der Waals surface area contributed by atoms with Gasteiger partial charge in [0, 0.05) is 39.1 Å². The zero-order valence-corrected chi connectivity index (χ0v) is 15.5. The first-order valence-corrected chi connectivity index (χ1v) is 9.70. The van der Waals surface area contributed by atoms with Crippen LogP contribution in [0.4, 0.5) is 4.39 Å². The summed E-state index contributed by atoms with van der Waals surface area (Å²) in [5, 5.41) is 0. The van der Waals surface area contributed by atoms with Crippen molar-refractivity contribution in [3.63, 3.8) is 0 Å². The molecule has 0 unspecified atom stereocenters. The third-order valence-electron chi connectivity index (χ3n) is 5.81. The van der Waals surface area contributed by atoms with Crippen LogP contribution in [0.5, 0.6) is 0 Å². The van der Waals surface area contributed by atoms with Crippen molar-refractivity contribution in [2.45, 2.75) is 38.5 Å². The topological polar surface area (TPSA) is 55.6 Å². The minimum atomic E-state index is -0.341. The second kappa shape index (κ2) is 7.80. The molecule has 6 heteroatoms. The number of likely N-dealkylation sites (tertiary alicyclic amines) is 1. The first-order valence-electron chi connectivity index (χ1n) is 9.70. The molecular formula is C21H25FN2O3. The maximum Gasteiger partial charge on any atom is 0.223 e. The Labute approximate surface area is 158 Å². The van der Waals surface area contributed by atoms with Crippen LogP contribution in [0.1, 0.15) is 38.0 Å². The molecule has 2 aromatic rings. The van der Waals surface area contributed by atoms with Gasteiger partial charge in [-0.3, -0.25) is 4.79 Å². The van der Waals surface area contributed by atoms with Crippen molar-refractivity contribution in [3.8, 4) is 11.3 Å². The van der Waals surface area contributed by atoms with Crippen molar-refractivity contribution in [3.05, 3.63) is 42.2 Å². The number of oxazole rings is 1. The lowest BCUT2D eigenvalue weighted by Gasteiger charge is -2.45. The molecule has 2 fully saturated rings. The summed E-state index contributed by atoms with van der Waals surface area (Å²) in [4.78, 5) is 18.9. The van der Waals surface area contributed by atoms with Gasteiger partial charge < -0.3 is 14.1 Å². The molecule has 1 aromatic heterocycles. The third-order valence-corrected chi connectivity index (χ3v) is 5.81. The number of aryl methyl sites for hydroxylation is 1. The molecule has 2 aliphatic heterocycles. The van der Waals surface area contributed by atoms with E-state index < -0.39 is 0 Å². The third kappa shape index (κ3) is 4.05. The molecule has 3 heterocycles. The van der Waals surface area contributed by atoms with Crippen LogP contribution in [0.3, 0.4) is 0 Å². The zero-order chi connectivity index (χ0) is 18.7. The first-order chi connectivity index (χ1) is 13.2. The minimum Gasteiger partial charge on any atom is -0.441 e. The van der Waals surface area contributed by atoms with Crippen LogP contribution in [-0.4, -0.2) is 42.1 Å². The van der Waals surface area contributed by atoms with Crippen molar-refractivity contribution in [2.24, 2.45) is 5.41 Å². The maximum absolute atomic E-state index is 13.9. The van der Waals surface area contributed by atoms with Crippen LogP contribution in [-0.2, 0) is 16.0 Å². The van der Waals surface area contributed by atoms with Crippen molar-refractivity contribution in [2.75, 3.05) is 26.3 Å². The fraction of sp³-hybridized carbons (Fsp3) is 0.524. The van der Waals surface area contributed by atoms with E-state index in [0.29, 0.717) is 30.1 Å². The second-order valence-corrected chi connectivity index (χ2v) is 7.63. The fourth-order valence-electron chi connectivity index (χ4n) is 4.22. The van der Waals surface area contributed by atoms with Gasteiger partial charge in [-0.25, -0.2) is 9.37 Å². The second-order valence-electron chi connectivity index (χ2n) is 7.63. The maximum atomic E-state index is 13.9. The fourth-order valence-corrected chi connectivity index (χ4v) is 4.22. The number of rotatable bonds is 4. The van der Waals surface area contributed by atoms with Gasteiger partial charge in [-0.2, -0.15) is 0 Å². The first kappa shape index (κ1) is 18.2. The predicted octanol–water partition coefficient (Wildman–Crippen LogP) is 3.83. The monoisotopic (exact) mass is 372 g/mol. The van der Waals surface area contributed by atoms with Gasteiger partial charge in [-0.05, 0) is 43.2 Å². The number of aromatic nitrogens is 1. The summed E-state index contributed by atoms with van der Waals surface area (Å²) in [6.07, 6.45) is 6.65. The highest BCUT2D eigenvalue weighted by molar-refractivity contribution is 5.76.